The fourth-order valence-electron chi connectivity index (χ4n) is 8.34. The molecular weight excluding hydrogens is 978 g/mol. The topological polar surface area (TPSA) is 134 Å². The third-order valence-electron chi connectivity index (χ3n) is 12.8. The first-order valence-corrected chi connectivity index (χ1v) is 32.5. The van der Waals surface area contributed by atoms with Gasteiger partial charge < -0.3 is 20.1 Å². The van der Waals surface area contributed by atoms with E-state index in [0.717, 1.165) is 109 Å². The Balaban J connectivity index is 3.97. The van der Waals surface area contributed by atoms with Crippen molar-refractivity contribution in [1.82, 2.24) is 0 Å². The highest BCUT2D eigenvalue weighted by molar-refractivity contribution is 7.47. The molecule has 77 heavy (non-hydrogen) atoms. The summed E-state index contributed by atoms with van der Waals surface area (Å²) >= 11 is 0. The number of nitrogens with two attached hydrogens (primary N) is 1. The normalized spacial score (nSPS) is 13.9. The zero-order valence-electron chi connectivity index (χ0n) is 49.2. The van der Waals surface area contributed by atoms with Gasteiger partial charge in [-0.1, -0.05) is 264 Å². The van der Waals surface area contributed by atoms with E-state index in [4.69, 9.17) is 24.3 Å². The van der Waals surface area contributed by atoms with Crippen LogP contribution < -0.4 is 5.73 Å². The molecule has 10 heteroatoms. The van der Waals surface area contributed by atoms with Gasteiger partial charge in [0.2, 0.25) is 0 Å². The van der Waals surface area contributed by atoms with E-state index in [1.165, 1.54) is 116 Å². The van der Waals surface area contributed by atoms with Crippen LogP contribution in [0.2, 0.25) is 0 Å². The molecule has 0 fully saturated rings. The SMILES string of the molecule is CC/C=C\C/C=C\C/C=C\C/C=C\C/C=C\C/C=C\CCCCCCCCCCC(=O)OC(COC(=O)CCCCCCCCCCCCCCCCCC/C=C\C/C=C\C/C=C\C/C=C\CC)COP(=O)(O)OCCN. The number of hydrogen-bond acceptors (Lipinski definition) is 8. The van der Waals surface area contributed by atoms with Crippen LogP contribution in [0.15, 0.2) is 122 Å². The van der Waals surface area contributed by atoms with Gasteiger partial charge in [-0.05, 0) is 103 Å². The van der Waals surface area contributed by atoms with E-state index in [1.54, 1.807) is 0 Å². The first kappa shape index (κ1) is 73.4. The van der Waals surface area contributed by atoms with E-state index in [-0.39, 0.29) is 38.6 Å². The Morgan fingerprint density at radius 1 is 0.390 bits per heavy atom. The van der Waals surface area contributed by atoms with Crippen molar-refractivity contribution in [3.05, 3.63) is 122 Å². The summed E-state index contributed by atoms with van der Waals surface area (Å²) in [6.07, 6.45) is 85.4. The molecule has 0 aromatic carbocycles. The molecule has 0 aliphatic heterocycles. The first-order chi connectivity index (χ1) is 37.8. The molecule has 0 rings (SSSR count). The third-order valence-corrected chi connectivity index (χ3v) is 13.8. The molecule has 0 spiro atoms. The summed E-state index contributed by atoms with van der Waals surface area (Å²) in [4.78, 5) is 35.3. The van der Waals surface area contributed by atoms with Crippen LogP contribution in [0.4, 0.5) is 0 Å². The molecule has 3 N–H and O–H groups in total. The first-order valence-electron chi connectivity index (χ1n) is 31.0. The number of carbonyl (C=O) groups excluding carboxylic acids is 2. The Kier molecular flexibility index (Phi) is 58.7. The molecule has 2 unspecified atom stereocenters. The Labute approximate surface area is 472 Å². The highest BCUT2D eigenvalue weighted by Gasteiger charge is 2.26. The van der Waals surface area contributed by atoms with Gasteiger partial charge in [-0.25, -0.2) is 4.57 Å². The van der Waals surface area contributed by atoms with Gasteiger partial charge in [0.25, 0.3) is 0 Å². The van der Waals surface area contributed by atoms with Crippen molar-refractivity contribution >= 4 is 19.8 Å². The van der Waals surface area contributed by atoms with Crippen LogP contribution in [0, 0.1) is 0 Å². The summed E-state index contributed by atoms with van der Waals surface area (Å²) in [6, 6.07) is 0. The Bertz CT molecular complexity index is 1670. The lowest BCUT2D eigenvalue weighted by atomic mass is 10.0. The number of hydrogen-bond donors (Lipinski definition) is 2. The minimum Gasteiger partial charge on any atom is -0.462 e. The van der Waals surface area contributed by atoms with Crippen LogP contribution in [0.3, 0.4) is 0 Å². The van der Waals surface area contributed by atoms with Gasteiger partial charge in [-0.3, -0.25) is 18.6 Å². The number of phosphoric ester groups is 1. The molecule has 0 aliphatic carbocycles. The lowest BCUT2D eigenvalue weighted by Crippen LogP contribution is -2.29. The van der Waals surface area contributed by atoms with Crippen molar-refractivity contribution in [2.24, 2.45) is 5.73 Å². The van der Waals surface area contributed by atoms with Crippen molar-refractivity contribution in [3.63, 3.8) is 0 Å². The molecule has 0 radical (unpaired) electrons. The average Bonchev–Trinajstić information content (AvgIpc) is 3.42. The number of ether oxygens (including phenoxy) is 2. The number of allylic oxidation sites excluding steroid dienone is 20. The fraction of sp³-hybridized carbons (Fsp3) is 0.672. The van der Waals surface area contributed by atoms with Gasteiger partial charge >= 0.3 is 19.8 Å². The predicted molar refractivity (Wildman–Crippen MR) is 330 cm³/mol. The molecule has 0 aromatic heterocycles. The van der Waals surface area contributed by atoms with E-state index in [9.17, 15) is 19.0 Å². The van der Waals surface area contributed by atoms with Crippen molar-refractivity contribution in [2.75, 3.05) is 26.4 Å². The summed E-state index contributed by atoms with van der Waals surface area (Å²) in [7, 11) is -4.40. The minimum absolute atomic E-state index is 0.0467. The summed E-state index contributed by atoms with van der Waals surface area (Å²) in [5.74, 6) is -0.838. The molecule has 2 atom stereocenters. The van der Waals surface area contributed by atoms with Gasteiger partial charge in [-0.15, -0.1) is 0 Å². The molecule has 0 heterocycles. The van der Waals surface area contributed by atoms with Gasteiger partial charge in [-0.2, -0.15) is 0 Å². The number of unbranched alkanes of at least 4 members (excludes halogenated alkanes) is 24. The van der Waals surface area contributed by atoms with E-state index in [2.05, 4.69) is 135 Å². The number of phosphoric acid groups is 1. The average molecular weight is 1090 g/mol. The van der Waals surface area contributed by atoms with E-state index in [0.29, 0.717) is 6.42 Å². The van der Waals surface area contributed by atoms with Crippen molar-refractivity contribution in [1.29, 1.82) is 0 Å². The largest absolute Gasteiger partial charge is 0.472 e. The van der Waals surface area contributed by atoms with Crippen LogP contribution in [0.1, 0.15) is 258 Å². The zero-order chi connectivity index (χ0) is 55.9. The molecule has 440 valence electrons. The lowest BCUT2D eigenvalue weighted by Gasteiger charge is -2.19. The summed E-state index contributed by atoms with van der Waals surface area (Å²) in [5.41, 5.74) is 5.39. The lowest BCUT2D eigenvalue weighted by molar-refractivity contribution is -0.161. The molecule has 0 bridgehead atoms. The third kappa shape index (κ3) is 61.5. The summed E-state index contributed by atoms with van der Waals surface area (Å²) in [6.45, 7) is 3.52. The maximum Gasteiger partial charge on any atom is 0.472 e. The molecular formula is C67H114NO8P. The Hall–Kier alpha value is -3.59. The van der Waals surface area contributed by atoms with Crippen molar-refractivity contribution in [2.45, 2.75) is 264 Å². The van der Waals surface area contributed by atoms with Crippen molar-refractivity contribution in [3.8, 4) is 0 Å². The Morgan fingerprint density at radius 2 is 0.675 bits per heavy atom. The van der Waals surface area contributed by atoms with E-state index in [1.807, 2.05) is 0 Å². The number of carbonyl (C=O) groups is 2. The summed E-state index contributed by atoms with van der Waals surface area (Å²) < 4.78 is 33.1. The van der Waals surface area contributed by atoms with Crippen LogP contribution >= 0.6 is 7.82 Å². The molecule has 0 aliphatic rings. The highest BCUT2D eigenvalue weighted by atomic mass is 31.2. The fourth-order valence-corrected chi connectivity index (χ4v) is 9.10. The van der Waals surface area contributed by atoms with Gasteiger partial charge in [0, 0.05) is 19.4 Å². The van der Waals surface area contributed by atoms with Gasteiger partial charge in [0.15, 0.2) is 6.10 Å². The van der Waals surface area contributed by atoms with E-state index >= 15 is 0 Å². The second-order valence-corrected chi connectivity index (χ2v) is 21.6. The van der Waals surface area contributed by atoms with Crippen LogP contribution in [-0.2, 0) is 32.7 Å². The molecule has 0 saturated heterocycles. The highest BCUT2D eigenvalue weighted by Crippen LogP contribution is 2.43. The zero-order valence-corrected chi connectivity index (χ0v) is 50.0. The van der Waals surface area contributed by atoms with Gasteiger partial charge in [0.05, 0.1) is 13.2 Å². The van der Waals surface area contributed by atoms with Crippen molar-refractivity contribution < 1.29 is 37.6 Å². The molecule has 9 nitrogen and oxygen atoms in total. The molecule has 0 saturated carbocycles. The maximum absolute atomic E-state index is 12.7. The van der Waals surface area contributed by atoms with Gasteiger partial charge in [0.1, 0.15) is 6.61 Å². The molecule has 0 aromatic rings. The Morgan fingerprint density at radius 3 is 1.00 bits per heavy atom. The quantitative estimate of drug-likeness (QED) is 0.0264. The number of rotatable bonds is 57. The van der Waals surface area contributed by atoms with Crippen LogP contribution in [0.25, 0.3) is 0 Å². The standard InChI is InChI=1S/C67H114NO8P/c1-3-5-7-9-11-13-15-17-19-21-23-25-27-29-31-32-34-35-37-39-41-43-45-47-49-51-53-55-57-59-66(69)73-63-65(64-75-77(71,72)74-62-61-68)76-67(70)60-58-56-54-52-50-48-46-44-42-40-38-36-33-30-28-26-24-22-20-18-16-14-12-10-8-6-4-2/h5-8,11-14,17-20,23-26,30,33,38,40,65H,3-4,9-10,15-16,21-22,27-29,31-32,34-37,39,41-64,68H2,1-2H3,(H,71,72)/b7-5-,8-6-,13-11-,14-12-,19-17-,20-18-,25-23-,26-24-,33-30-,40-38-. The van der Waals surface area contributed by atoms with E-state index < -0.39 is 26.5 Å². The minimum atomic E-state index is -4.40. The smallest absolute Gasteiger partial charge is 0.462 e. The maximum atomic E-state index is 12.7. The van der Waals surface area contributed by atoms with Crippen LogP contribution in [-0.4, -0.2) is 49.3 Å². The van der Waals surface area contributed by atoms with Crippen LogP contribution in [0.5, 0.6) is 0 Å². The second kappa shape index (κ2) is 61.6. The monoisotopic (exact) mass is 1090 g/mol. The predicted octanol–water partition coefficient (Wildman–Crippen LogP) is 20.0. The second-order valence-electron chi connectivity index (χ2n) is 20.2. The molecule has 0 amide bonds. The summed E-state index contributed by atoms with van der Waals surface area (Å²) in [5, 5.41) is 0. The number of esters is 2.